The molecule has 23 heavy (non-hydrogen) atoms. The van der Waals surface area contributed by atoms with Crippen LogP contribution < -0.4 is 4.74 Å². The highest BCUT2D eigenvalue weighted by atomic mass is 16.5. The van der Waals surface area contributed by atoms with Crippen LogP contribution in [0.15, 0.2) is 60.8 Å². The van der Waals surface area contributed by atoms with Gasteiger partial charge in [0.05, 0.1) is 12.8 Å². The first-order chi connectivity index (χ1) is 11.4. The van der Waals surface area contributed by atoms with Gasteiger partial charge in [0.15, 0.2) is 0 Å². The van der Waals surface area contributed by atoms with E-state index >= 15 is 0 Å². The molecule has 0 saturated carbocycles. The fourth-order valence-electron chi connectivity index (χ4n) is 3.45. The normalized spacial score (nSPS) is 12.9. The molecule has 0 unspecified atom stereocenters. The first-order valence-electron chi connectivity index (χ1n) is 8.07. The van der Waals surface area contributed by atoms with Gasteiger partial charge < -0.3 is 4.74 Å². The van der Waals surface area contributed by atoms with Gasteiger partial charge in [-0.25, -0.2) is 0 Å². The lowest BCUT2D eigenvalue weighted by molar-refractivity contribution is 0.415. The van der Waals surface area contributed by atoms with E-state index in [1.807, 2.05) is 18.3 Å². The van der Waals surface area contributed by atoms with E-state index in [9.17, 15) is 0 Å². The minimum atomic E-state index is 0.888. The maximum Gasteiger partial charge on any atom is 0.118 e. The quantitative estimate of drug-likeness (QED) is 0.685. The van der Waals surface area contributed by atoms with E-state index in [2.05, 4.69) is 42.5 Å². The molecular formula is C21H19NO. The van der Waals surface area contributed by atoms with Crippen LogP contribution in [-0.2, 0) is 12.8 Å². The van der Waals surface area contributed by atoms with Crippen LogP contribution in [0.5, 0.6) is 5.75 Å². The van der Waals surface area contributed by atoms with Gasteiger partial charge in [0.25, 0.3) is 0 Å². The Kier molecular flexibility index (Phi) is 3.58. The number of fused-ring (bicyclic) bond motifs is 1. The molecule has 0 N–H and O–H groups in total. The summed E-state index contributed by atoms with van der Waals surface area (Å²) in [6.45, 7) is 0. The summed E-state index contributed by atoms with van der Waals surface area (Å²) in [5, 5.41) is 0. The van der Waals surface area contributed by atoms with Gasteiger partial charge in [-0.3, -0.25) is 4.98 Å². The topological polar surface area (TPSA) is 22.1 Å². The first kappa shape index (κ1) is 14.0. The Hall–Kier alpha value is -2.61. The average Bonchev–Trinajstić information content (AvgIpc) is 3.11. The number of benzene rings is 2. The summed E-state index contributed by atoms with van der Waals surface area (Å²) in [5.41, 5.74) is 7.73. The molecular weight excluding hydrogens is 282 g/mol. The summed E-state index contributed by atoms with van der Waals surface area (Å²) in [7, 11) is 1.70. The molecule has 1 aliphatic rings. The minimum Gasteiger partial charge on any atom is -0.497 e. The van der Waals surface area contributed by atoms with Crippen LogP contribution in [0.3, 0.4) is 0 Å². The predicted molar refractivity (Wildman–Crippen MR) is 93.7 cm³/mol. The summed E-state index contributed by atoms with van der Waals surface area (Å²) in [4.78, 5) is 4.81. The van der Waals surface area contributed by atoms with Crippen LogP contribution in [-0.4, -0.2) is 12.1 Å². The van der Waals surface area contributed by atoms with Crippen molar-refractivity contribution >= 4 is 0 Å². The van der Waals surface area contributed by atoms with E-state index < -0.39 is 0 Å². The van der Waals surface area contributed by atoms with E-state index in [4.69, 9.17) is 9.72 Å². The lowest BCUT2D eigenvalue weighted by atomic mass is 9.95. The van der Waals surface area contributed by atoms with Crippen LogP contribution in [0.4, 0.5) is 0 Å². The van der Waals surface area contributed by atoms with Crippen LogP contribution in [0.1, 0.15) is 17.5 Å². The van der Waals surface area contributed by atoms with E-state index in [1.165, 1.54) is 34.2 Å². The van der Waals surface area contributed by atoms with E-state index in [1.54, 1.807) is 7.11 Å². The molecule has 1 heterocycles. The predicted octanol–water partition coefficient (Wildman–Crippen LogP) is 4.91. The van der Waals surface area contributed by atoms with Gasteiger partial charge in [-0.1, -0.05) is 42.5 Å². The number of methoxy groups -OCH3 is 1. The number of rotatable bonds is 3. The lowest BCUT2D eigenvalue weighted by Gasteiger charge is -2.13. The molecule has 114 valence electrons. The van der Waals surface area contributed by atoms with Crippen molar-refractivity contribution < 1.29 is 4.74 Å². The average molecular weight is 301 g/mol. The summed E-state index contributed by atoms with van der Waals surface area (Å²) in [6.07, 6.45) is 5.51. The lowest BCUT2D eigenvalue weighted by Crippen LogP contribution is -1.96. The second-order valence-electron chi connectivity index (χ2n) is 5.93. The molecule has 1 aliphatic carbocycles. The molecule has 0 saturated heterocycles. The van der Waals surface area contributed by atoms with Crippen LogP contribution in [0.2, 0.25) is 0 Å². The Labute approximate surface area is 136 Å². The van der Waals surface area contributed by atoms with Crippen molar-refractivity contribution in [3.05, 3.63) is 71.9 Å². The largest absolute Gasteiger partial charge is 0.497 e. The SMILES string of the molecule is COc1ccc(-c2cnc(-c3ccccc3)c3c2CCC3)cc1. The molecule has 0 fully saturated rings. The van der Waals surface area contributed by atoms with Gasteiger partial charge in [0, 0.05) is 17.3 Å². The van der Waals surface area contributed by atoms with Crippen LogP contribution in [0, 0.1) is 0 Å². The molecule has 2 nitrogen and oxygen atoms in total. The maximum atomic E-state index is 5.26. The number of hydrogen-bond acceptors (Lipinski definition) is 2. The number of pyridine rings is 1. The highest BCUT2D eigenvalue weighted by Gasteiger charge is 2.21. The van der Waals surface area contributed by atoms with Gasteiger partial charge in [0.2, 0.25) is 0 Å². The highest BCUT2D eigenvalue weighted by molar-refractivity contribution is 5.75. The van der Waals surface area contributed by atoms with Gasteiger partial charge in [0.1, 0.15) is 5.75 Å². The van der Waals surface area contributed by atoms with E-state index in [0.717, 1.165) is 24.3 Å². The molecule has 3 aromatic rings. The number of aromatic nitrogens is 1. The number of hydrogen-bond donors (Lipinski definition) is 0. The maximum absolute atomic E-state index is 5.26. The third-order valence-electron chi connectivity index (χ3n) is 4.60. The molecule has 0 amide bonds. The summed E-state index contributed by atoms with van der Waals surface area (Å²) in [6, 6.07) is 18.8. The molecule has 0 radical (unpaired) electrons. The Morgan fingerprint density at radius 2 is 1.57 bits per heavy atom. The fourth-order valence-corrected chi connectivity index (χ4v) is 3.45. The third-order valence-corrected chi connectivity index (χ3v) is 4.60. The molecule has 0 atom stereocenters. The monoisotopic (exact) mass is 301 g/mol. The van der Waals surface area contributed by atoms with E-state index in [0.29, 0.717) is 0 Å². The summed E-state index contributed by atoms with van der Waals surface area (Å²) < 4.78 is 5.26. The fraction of sp³-hybridized carbons (Fsp3) is 0.190. The zero-order valence-electron chi connectivity index (χ0n) is 13.3. The molecule has 2 heteroatoms. The van der Waals surface area contributed by atoms with Gasteiger partial charge >= 0.3 is 0 Å². The van der Waals surface area contributed by atoms with Crippen molar-refractivity contribution in [1.82, 2.24) is 4.98 Å². The molecule has 4 rings (SSSR count). The highest BCUT2D eigenvalue weighted by Crippen LogP contribution is 2.37. The van der Waals surface area contributed by atoms with Crippen LogP contribution >= 0.6 is 0 Å². The number of ether oxygens (including phenoxy) is 1. The minimum absolute atomic E-state index is 0.888. The summed E-state index contributed by atoms with van der Waals surface area (Å²) in [5.74, 6) is 0.888. The zero-order chi connectivity index (χ0) is 15.6. The molecule has 2 aromatic carbocycles. The van der Waals surface area contributed by atoms with Crippen molar-refractivity contribution in [2.75, 3.05) is 7.11 Å². The summed E-state index contributed by atoms with van der Waals surface area (Å²) >= 11 is 0. The number of nitrogens with zero attached hydrogens (tertiary/aromatic N) is 1. The second-order valence-corrected chi connectivity index (χ2v) is 5.93. The Bertz CT molecular complexity index is 822. The first-order valence-corrected chi connectivity index (χ1v) is 8.07. The molecule has 0 bridgehead atoms. The molecule has 0 aliphatic heterocycles. The standard InChI is InChI=1S/C21H19NO/c1-23-17-12-10-15(11-13-17)20-14-22-21(16-6-3-2-4-7-16)19-9-5-8-18(19)20/h2-4,6-7,10-14H,5,8-9H2,1H3. The van der Waals surface area contributed by atoms with Crippen molar-refractivity contribution in [2.24, 2.45) is 0 Å². The zero-order valence-corrected chi connectivity index (χ0v) is 13.3. The van der Waals surface area contributed by atoms with Crippen molar-refractivity contribution in [2.45, 2.75) is 19.3 Å². The van der Waals surface area contributed by atoms with Crippen LogP contribution in [0.25, 0.3) is 22.4 Å². The van der Waals surface area contributed by atoms with Crippen molar-refractivity contribution in [3.8, 4) is 28.1 Å². The smallest absolute Gasteiger partial charge is 0.118 e. The van der Waals surface area contributed by atoms with E-state index in [-0.39, 0.29) is 0 Å². The molecule has 1 aromatic heterocycles. The van der Waals surface area contributed by atoms with Gasteiger partial charge in [-0.2, -0.15) is 0 Å². The molecule has 0 spiro atoms. The Morgan fingerprint density at radius 3 is 2.30 bits per heavy atom. The third kappa shape index (κ3) is 2.50. The second kappa shape index (κ2) is 5.88. The van der Waals surface area contributed by atoms with Crippen molar-refractivity contribution in [1.29, 1.82) is 0 Å². The van der Waals surface area contributed by atoms with Crippen molar-refractivity contribution in [3.63, 3.8) is 0 Å². The van der Waals surface area contributed by atoms with Gasteiger partial charge in [-0.15, -0.1) is 0 Å². The Morgan fingerprint density at radius 1 is 0.826 bits per heavy atom. The Balaban J connectivity index is 1.82. The van der Waals surface area contributed by atoms with Gasteiger partial charge in [-0.05, 0) is 48.1 Å².